The van der Waals surface area contributed by atoms with Gasteiger partial charge in [0, 0.05) is 36.1 Å². The van der Waals surface area contributed by atoms with E-state index in [1.165, 1.54) is 18.4 Å². The minimum Gasteiger partial charge on any atom is -0.493 e. The van der Waals surface area contributed by atoms with Gasteiger partial charge in [-0.1, -0.05) is 53.8 Å². The molecule has 1 aliphatic heterocycles. The van der Waals surface area contributed by atoms with Crippen LogP contribution in [0.1, 0.15) is 76.0 Å². The van der Waals surface area contributed by atoms with Crippen LogP contribution < -0.4 is 15.0 Å². The van der Waals surface area contributed by atoms with Crippen LogP contribution in [-0.2, 0) is 40.1 Å². The number of rotatable bonds is 12. The Bertz CT molecular complexity index is 2410. The van der Waals surface area contributed by atoms with E-state index in [0.29, 0.717) is 60.4 Å². The fourth-order valence-electron chi connectivity index (χ4n) is 6.85. The first-order valence-corrected chi connectivity index (χ1v) is 19.8. The van der Waals surface area contributed by atoms with Crippen LogP contribution in [0.3, 0.4) is 0 Å². The van der Waals surface area contributed by atoms with Crippen molar-refractivity contribution in [2.45, 2.75) is 65.5 Å². The Morgan fingerprint density at radius 3 is 2.51 bits per heavy atom. The van der Waals surface area contributed by atoms with E-state index in [-0.39, 0.29) is 24.0 Å². The van der Waals surface area contributed by atoms with Crippen molar-refractivity contribution in [3.05, 3.63) is 130 Å². The molecule has 6 aromatic rings. The van der Waals surface area contributed by atoms with Crippen LogP contribution in [0.4, 0.5) is 10.9 Å². The molecule has 7 rings (SSSR count). The van der Waals surface area contributed by atoms with Crippen molar-refractivity contribution in [2.75, 3.05) is 30.5 Å². The number of benzene rings is 3. The number of ether oxygens (including phenoxy) is 3. The normalized spacial score (nSPS) is 12.5. The van der Waals surface area contributed by atoms with Gasteiger partial charge in [-0.3, -0.25) is 19.9 Å². The van der Waals surface area contributed by atoms with Crippen LogP contribution in [0.15, 0.2) is 91.1 Å². The number of aryl methyl sites for hydroxylation is 1. The highest BCUT2D eigenvalue weighted by atomic mass is 32.1. The van der Waals surface area contributed by atoms with E-state index in [9.17, 15) is 14.4 Å². The van der Waals surface area contributed by atoms with Gasteiger partial charge in [0.15, 0.2) is 10.8 Å². The summed E-state index contributed by atoms with van der Waals surface area (Å²) < 4.78 is 17.9. The molecule has 0 radical (unpaired) electrons. The fourth-order valence-corrected chi connectivity index (χ4v) is 7.71. The minimum absolute atomic E-state index is 0.192. The Balaban J connectivity index is 1.09. The highest BCUT2D eigenvalue weighted by Crippen LogP contribution is 2.35. The first kappa shape index (κ1) is 39.1. The smallest absolute Gasteiger partial charge is 0.358 e. The lowest BCUT2D eigenvalue weighted by atomic mass is 9.94. The zero-order valence-corrected chi connectivity index (χ0v) is 33.6. The number of fused-ring (bicyclic) bond motifs is 2. The van der Waals surface area contributed by atoms with E-state index < -0.39 is 11.6 Å². The number of nitrogens with zero attached hydrogens (tertiary/aromatic N) is 4. The molecule has 3 aromatic heterocycles. The summed E-state index contributed by atoms with van der Waals surface area (Å²) in [6, 6.07) is 27.1. The molecule has 4 heterocycles. The molecule has 0 saturated carbocycles. The van der Waals surface area contributed by atoms with Crippen molar-refractivity contribution >= 4 is 50.3 Å². The van der Waals surface area contributed by atoms with Crippen LogP contribution in [0.25, 0.3) is 21.3 Å². The first-order chi connectivity index (χ1) is 27.5. The quantitative estimate of drug-likeness (QED) is 0.0951. The summed E-state index contributed by atoms with van der Waals surface area (Å²) in [4.78, 5) is 55.3. The van der Waals surface area contributed by atoms with Gasteiger partial charge in [-0.05, 0) is 117 Å². The van der Waals surface area contributed by atoms with Crippen molar-refractivity contribution in [3.63, 3.8) is 0 Å². The molecule has 0 atom stereocenters. The summed E-state index contributed by atoms with van der Waals surface area (Å²) in [6.07, 6.45) is 4.04. The number of carbonyl (C=O) groups is 3. The number of carbonyl (C=O) groups excluding carboxylic acids is 3. The minimum atomic E-state index is -0.738. The van der Waals surface area contributed by atoms with E-state index in [2.05, 4.69) is 26.3 Å². The van der Waals surface area contributed by atoms with E-state index in [1.54, 1.807) is 6.20 Å². The summed E-state index contributed by atoms with van der Waals surface area (Å²) in [5, 5.41) is 3.56. The van der Waals surface area contributed by atoms with Crippen molar-refractivity contribution in [1.82, 2.24) is 15.0 Å². The summed E-state index contributed by atoms with van der Waals surface area (Å²) in [6.45, 7) is 9.04. The molecule has 0 spiro atoms. The number of hydrogen-bond acceptors (Lipinski definition) is 11. The van der Waals surface area contributed by atoms with E-state index in [4.69, 9.17) is 19.2 Å². The molecule has 0 unspecified atom stereocenters. The Hall–Kier alpha value is -6.14. The van der Waals surface area contributed by atoms with Gasteiger partial charge in [0.2, 0.25) is 0 Å². The van der Waals surface area contributed by atoms with E-state index >= 15 is 0 Å². The van der Waals surface area contributed by atoms with Crippen LogP contribution in [0, 0.1) is 6.92 Å². The summed E-state index contributed by atoms with van der Waals surface area (Å²) in [7, 11) is 1.37. The highest BCUT2D eigenvalue weighted by Gasteiger charge is 2.28. The third-order valence-electron chi connectivity index (χ3n) is 9.70. The van der Waals surface area contributed by atoms with Crippen molar-refractivity contribution < 1.29 is 28.6 Å². The number of pyridine rings is 2. The lowest BCUT2D eigenvalue weighted by molar-refractivity contribution is -0.139. The third-order valence-corrected chi connectivity index (χ3v) is 10.7. The number of esters is 2. The van der Waals surface area contributed by atoms with Gasteiger partial charge in [-0.2, -0.15) is 0 Å². The zero-order chi connectivity index (χ0) is 40.1. The number of methoxy groups -OCH3 is 1. The number of anilines is 2. The lowest BCUT2D eigenvalue weighted by Crippen LogP contribution is -2.33. The number of hydrogen-bond donors (Lipinski definition) is 1. The van der Waals surface area contributed by atoms with Gasteiger partial charge in [0.1, 0.15) is 17.2 Å². The maximum atomic E-state index is 13.9. The van der Waals surface area contributed by atoms with Crippen molar-refractivity contribution in [3.8, 4) is 16.9 Å². The molecule has 0 bridgehead atoms. The molecular weight excluding hydrogens is 739 g/mol. The van der Waals surface area contributed by atoms with Crippen LogP contribution in [-0.4, -0.2) is 58.7 Å². The number of nitrogens with one attached hydrogen (secondary N) is 1. The molecule has 0 fully saturated rings. The lowest BCUT2D eigenvalue weighted by Gasteiger charge is -2.31. The van der Waals surface area contributed by atoms with Gasteiger partial charge in [0.25, 0.3) is 5.91 Å². The molecule has 0 aliphatic carbocycles. The molecule has 3 aromatic carbocycles. The molecular formula is C45H45N5O6S. The maximum absolute atomic E-state index is 13.9. The second kappa shape index (κ2) is 16.9. The summed E-state index contributed by atoms with van der Waals surface area (Å²) in [5.74, 6) is 0.280. The summed E-state index contributed by atoms with van der Waals surface area (Å²) >= 11 is 1.44. The molecule has 292 valence electrons. The monoisotopic (exact) mass is 783 g/mol. The first-order valence-electron chi connectivity index (χ1n) is 19.0. The van der Waals surface area contributed by atoms with Crippen LogP contribution in [0.5, 0.6) is 5.75 Å². The maximum Gasteiger partial charge on any atom is 0.358 e. The molecule has 1 amide bonds. The molecule has 1 N–H and O–H groups in total. The van der Waals surface area contributed by atoms with Gasteiger partial charge in [-0.25, -0.2) is 14.8 Å². The Morgan fingerprint density at radius 1 is 0.912 bits per heavy atom. The average Bonchev–Trinajstić information content (AvgIpc) is 3.61. The predicted octanol–water partition coefficient (Wildman–Crippen LogP) is 8.56. The molecule has 1 aliphatic rings. The van der Waals surface area contributed by atoms with Crippen molar-refractivity contribution in [1.29, 1.82) is 0 Å². The van der Waals surface area contributed by atoms with Gasteiger partial charge in [0.05, 0.1) is 30.4 Å². The highest BCUT2D eigenvalue weighted by molar-refractivity contribution is 7.22. The Morgan fingerprint density at radius 2 is 1.74 bits per heavy atom. The Kier molecular flexibility index (Phi) is 11.6. The predicted molar refractivity (Wildman–Crippen MR) is 222 cm³/mol. The van der Waals surface area contributed by atoms with Gasteiger partial charge in [-0.15, -0.1) is 0 Å². The van der Waals surface area contributed by atoms with E-state index in [1.807, 2.05) is 107 Å². The number of para-hydroxylation sites is 1. The van der Waals surface area contributed by atoms with Crippen molar-refractivity contribution in [2.24, 2.45) is 0 Å². The van der Waals surface area contributed by atoms with Gasteiger partial charge >= 0.3 is 11.9 Å². The molecule has 0 saturated heterocycles. The number of aromatic nitrogens is 3. The molecule has 57 heavy (non-hydrogen) atoms. The largest absolute Gasteiger partial charge is 0.493 e. The summed E-state index contributed by atoms with van der Waals surface area (Å²) in [5.41, 5.74) is 6.95. The second-order valence-electron chi connectivity index (χ2n) is 14.9. The number of amides is 1. The zero-order valence-electron chi connectivity index (χ0n) is 32.8. The SMILES string of the molecule is COC(=O)Cc1ccc(CCCOc2cccc(-c3ccc(N4CCc5cccc(C(=O)Nc6nc7ccccc7s6)c5C4)nc3C(=O)OC(C)(C)C)c2C)nc1. The van der Waals surface area contributed by atoms with Crippen LogP contribution >= 0.6 is 11.3 Å². The number of thiazole rings is 1. The fraction of sp³-hybridized carbons (Fsp3) is 0.289. The third kappa shape index (κ3) is 9.29. The average molecular weight is 784 g/mol. The van der Waals surface area contributed by atoms with E-state index in [0.717, 1.165) is 50.1 Å². The van der Waals surface area contributed by atoms with Gasteiger partial charge < -0.3 is 19.1 Å². The standard InChI is InChI=1S/C45H45N5O6S/c1-28-32(13-9-16-37(28)55-24-10-12-31-19-18-29(26-46-31)25-40(51)54-5)33-20-21-39(48-41(33)43(53)56-45(2,3)4)50-23-22-30-11-8-14-34(35(30)27-50)42(52)49-44-47-36-15-6-7-17-38(36)57-44/h6-9,11,13-21,26H,10,12,22-25,27H2,1-5H3,(H,47,49,52). The van der Waals surface area contributed by atoms with Crippen LogP contribution in [0.2, 0.25) is 0 Å². The molecule has 12 heteroatoms. The second-order valence-corrected chi connectivity index (χ2v) is 15.9. The Labute approximate surface area is 336 Å². The molecule has 11 nitrogen and oxygen atoms in total. The topological polar surface area (TPSA) is 133 Å².